The Morgan fingerprint density at radius 1 is 1.33 bits per heavy atom. The standard InChI is InChI=1S/C12H8ClN3O5/c13-5-1-7-8(21-4-20-7)2-6(5)16-11(17)9-10(12(18)19)15-3-14-9/h1-3H,4H2,(H,14,15)(H,16,17)(H,18,19). The smallest absolute Gasteiger partial charge is 0.354 e. The number of aromatic nitrogens is 2. The Bertz CT molecular complexity index is 742. The molecule has 108 valence electrons. The Labute approximate surface area is 122 Å². The molecule has 0 saturated heterocycles. The fraction of sp³-hybridized carbons (Fsp3) is 0.0833. The largest absolute Gasteiger partial charge is 0.477 e. The van der Waals surface area contributed by atoms with Crippen molar-refractivity contribution in [3.63, 3.8) is 0 Å². The number of fused-ring (bicyclic) bond motifs is 1. The maximum absolute atomic E-state index is 12.1. The van der Waals surface area contributed by atoms with Crippen molar-refractivity contribution in [3.8, 4) is 11.5 Å². The number of anilines is 1. The maximum atomic E-state index is 12.1. The van der Waals surface area contributed by atoms with Gasteiger partial charge in [0.05, 0.1) is 17.0 Å². The number of nitrogens with one attached hydrogen (secondary N) is 2. The number of nitrogens with zero attached hydrogens (tertiary/aromatic N) is 1. The molecule has 1 aromatic carbocycles. The molecule has 0 radical (unpaired) electrons. The Morgan fingerprint density at radius 3 is 2.76 bits per heavy atom. The summed E-state index contributed by atoms with van der Waals surface area (Å²) in [4.78, 5) is 29.1. The summed E-state index contributed by atoms with van der Waals surface area (Å²) in [5.74, 6) is -1.07. The van der Waals surface area contributed by atoms with Gasteiger partial charge in [-0.15, -0.1) is 0 Å². The lowest BCUT2D eigenvalue weighted by Crippen LogP contribution is -2.16. The summed E-state index contributed by atoms with van der Waals surface area (Å²) >= 11 is 6.02. The van der Waals surface area contributed by atoms with Crippen LogP contribution in [-0.4, -0.2) is 33.7 Å². The first-order chi connectivity index (χ1) is 10.1. The van der Waals surface area contributed by atoms with E-state index in [9.17, 15) is 9.59 Å². The zero-order chi connectivity index (χ0) is 15.0. The molecule has 9 heteroatoms. The molecule has 0 saturated carbocycles. The summed E-state index contributed by atoms with van der Waals surface area (Å²) in [5.41, 5.74) is -0.272. The van der Waals surface area contributed by atoms with E-state index in [1.165, 1.54) is 12.1 Å². The van der Waals surface area contributed by atoms with Crippen molar-refractivity contribution in [1.82, 2.24) is 9.97 Å². The minimum absolute atomic E-state index is 0.0750. The van der Waals surface area contributed by atoms with Gasteiger partial charge in [0.15, 0.2) is 22.9 Å². The molecule has 0 aliphatic carbocycles. The van der Waals surface area contributed by atoms with Crippen LogP contribution < -0.4 is 14.8 Å². The van der Waals surface area contributed by atoms with Gasteiger partial charge in [0.1, 0.15) is 0 Å². The lowest BCUT2D eigenvalue weighted by molar-refractivity contribution is 0.0686. The van der Waals surface area contributed by atoms with Gasteiger partial charge in [0.25, 0.3) is 5.91 Å². The molecule has 1 amide bonds. The summed E-state index contributed by atoms with van der Waals surface area (Å²) in [6, 6.07) is 3.00. The highest BCUT2D eigenvalue weighted by Gasteiger charge is 2.22. The minimum atomic E-state index is -1.28. The molecule has 0 unspecified atom stereocenters. The average molecular weight is 310 g/mol. The first-order valence-electron chi connectivity index (χ1n) is 5.73. The number of imidazole rings is 1. The molecule has 1 aliphatic rings. The minimum Gasteiger partial charge on any atom is -0.477 e. The van der Waals surface area contributed by atoms with Crippen LogP contribution in [0.4, 0.5) is 5.69 Å². The van der Waals surface area contributed by atoms with Crippen LogP contribution in [0.15, 0.2) is 18.5 Å². The van der Waals surface area contributed by atoms with Crippen LogP contribution in [0, 0.1) is 0 Å². The quantitative estimate of drug-likeness (QED) is 0.796. The molecule has 3 rings (SSSR count). The van der Waals surface area contributed by atoms with Crippen LogP contribution >= 0.6 is 11.6 Å². The number of aromatic carboxylic acids is 1. The zero-order valence-corrected chi connectivity index (χ0v) is 11.1. The predicted molar refractivity (Wildman–Crippen MR) is 71.1 cm³/mol. The summed E-state index contributed by atoms with van der Waals surface area (Å²) in [5, 5.41) is 11.7. The summed E-state index contributed by atoms with van der Waals surface area (Å²) < 4.78 is 10.3. The molecular formula is C12H8ClN3O5. The van der Waals surface area contributed by atoms with Crippen LogP contribution in [0.1, 0.15) is 21.0 Å². The number of carbonyl (C=O) groups is 2. The van der Waals surface area contributed by atoms with E-state index in [2.05, 4.69) is 15.3 Å². The van der Waals surface area contributed by atoms with Crippen LogP contribution in [-0.2, 0) is 0 Å². The Hall–Kier alpha value is -2.74. The Balaban J connectivity index is 1.88. The number of ether oxygens (including phenoxy) is 2. The number of rotatable bonds is 3. The van der Waals surface area contributed by atoms with Gasteiger partial charge in [-0.05, 0) is 0 Å². The molecule has 0 fully saturated rings. The second kappa shape index (κ2) is 4.98. The molecule has 2 aromatic rings. The van der Waals surface area contributed by atoms with E-state index < -0.39 is 11.9 Å². The monoisotopic (exact) mass is 309 g/mol. The van der Waals surface area contributed by atoms with Gasteiger partial charge >= 0.3 is 5.97 Å². The van der Waals surface area contributed by atoms with Gasteiger partial charge in [-0.1, -0.05) is 11.6 Å². The number of halogens is 1. The fourth-order valence-corrected chi connectivity index (χ4v) is 2.02. The number of benzene rings is 1. The highest BCUT2D eigenvalue weighted by molar-refractivity contribution is 6.34. The van der Waals surface area contributed by atoms with Gasteiger partial charge < -0.3 is 24.9 Å². The third-order valence-corrected chi connectivity index (χ3v) is 3.09. The first kappa shape index (κ1) is 13.3. The van der Waals surface area contributed by atoms with Crippen LogP contribution in [0.2, 0.25) is 5.02 Å². The zero-order valence-electron chi connectivity index (χ0n) is 10.3. The second-order valence-electron chi connectivity index (χ2n) is 4.07. The number of amides is 1. The predicted octanol–water partition coefficient (Wildman–Crippen LogP) is 1.74. The van der Waals surface area contributed by atoms with Gasteiger partial charge in [-0.2, -0.15) is 0 Å². The Kier molecular flexibility index (Phi) is 3.15. The van der Waals surface area contributed by atoms with Crippen molar-refractivity contribution in [3.05, 3.63) is 34.9 Å². The summed E-state index contributed by atoms with van der Waals surface area (Å²) in [6.45, 7) is 0.0750. The lowest BCUT2D eigenvalue weighted by atomic mass is 10.2. The average Bonchev–Trinajstić information content (AvgIpc) is 3.06. The normalized spacial score (nSPS) is 12.2. The third kappa shape index (κ3) is 2.36. The molecule has 0 atom stereocenters. The SMILES string of the molecule is O=C(Nc1cc2c(cc1Cl)OCO2)c1nc[nH]c1C(=O)O. The van der Waals surface area contributed by atoms with Crippen molar-refractivity contribution in [1.29, 1.82) is 0 Å². The van der Waals surface area contributed by atoms with E-state index in [1.54, 1.807) is 0 Å². The first-order valence-corrected chi connectivity index (χ1v) is 6.11. The van der Waals surface area contributed by atoms with Gasteiger partial charge in [0.2, 0.25) is 6.79 Å². The molecule has 1 aromatic heterocycles. The number of H-pyrrole nitrogens is 1. The van der Waals surface area contributed by atoms with E-state index in [1.807, 2.05) is 0 Å². The topological polar surface area (TPSA) is 114 Å². The van der Waals surface area contributed by atoms with E-state index >= 15 is 0 Å². The van der Waals surface area contributed by atoms with Gasteiger partial charge in [-0.25, -0.2) is 9.78 Å². The molecule has 1 aliphatic heterocycles. The fourth-order valence-electron chi connectivity index (χ4n) is 1.82. The highest BCUT2D eigenvalue weighted by Crippen LogP contribution is 2.39. The number of carboxylic acids is 1. The van der Waals surface area contributed by atoms with E-state index in [-0.39, 0.29) is 28.9 Å². The van der Waals surface area contributed by atoms with Crippen LogP contribution in [0.5, 0.6) is 11.5 Å². The summed E-state index contributed by atoms with van der Waals surface area (Å²) in [7, 11) is 0. The number of hydrogen-bond acceptors (Lipinski definition) is 5. The lowest BCUT2D eigenvalue weighted by Gasteiger charge is -2.07. The molecule has 0 spiro atoms. The number of carboxylic acid groups (broad SMARTS) is 1. The van der Waals surface area contributed by atoms with Crippen molar-refractivity contribution < 1.29 is 24.2 Å². The molecule has 2 heterocycles. The maximum Gasteiger partial charge on any atom is 0.354 e. The number of aromatic amines is 1. The van der Waals surface area contributed by atoms with E-state index in [0.717, 1.165) is 6.33 Å². The molecule has 0 bridgehead atoms. The van der Waals surface area contributed by atoms with E-state index in [4.69, 9.17) is 26.2 Å². The second-order valence-corrected chi connectivity index (χ2v) is 4.48. The highest BCUT2D eigenvalue weighted by atomic mass is 35.5. The molecular weight excluding hydrogens is 302 g/mol. The number of carbonyl (C=O) groups excluding carboxylic acids is 1. The number of hydrogen-bond donors (Lipinski definition) is 3. The van der Waals surface area contributed by atoms with Gasteiger partial charge in [0, 0.05) is 12.1 Å². The van der Waals surface area contributed by atoms with Crippen LogP contribution in [0.3, 0.4) is 0 Å². The third-order valence-electron chi connectivity index (χ3n) is 2.78. The van der Waals surface area contributed by atoms with Gasteiger partial charge in [-0.3, -0.25) is 4.79 Å². The molecule has 3 N–H and O–H groups in total. The van der Waals surface area contributed by atoms with Crippen molar-refractivity contribution in [2.45, 2.75) is 0 Å². The van der Waals surface area contributed by atoms with Crippen molar-refractivity contribution in [2.24, 2.45) is 0 Å². The molecule has 21 heavy (non-hydrogen) atoms. The Morgan fingerprint density at radius 2 is 2.05 bits per heavy atom. The summed E-state index contributed by atoms with van der Waals surface area (Å²) in [6.07, 6.45) is 1.12. The van der Waals surface area contributed by atoms with Crippen molar-refractivity contribution in [2.75, 3.05) is 12.1 Å². The van der Waals surface area contributed by atoms with Crippen molar-refractivity contribution >= 4 is 29.2 Å². The molecule has 8 nitrogen and oxygen atoms in total. The van der Waals surface area contributed by atoms with E-state index in [0.29, 0.717) is 11.5 Å². The van der Waals surface area contributed by atoms with Crippen LogP contribution in [0.25, 0.3) is 0 Å².